The molecule has 0 spiro atoms. The first-order chi connectivity index (χ1) is 12.2. The van der Waals surface area contributed by atoms with Crippen molar-refractivity contribution >= 4 is 27.3 Å². The number of hydrogen-bond acceptors (Lipinski definition) is 4. The number of ether oxygens (including phenoxy) is 1. The summed E-state index contributed by atoms with van der Waals surface area (Å²) < 4.78 is 31.2. The van der Waals surface area contributed by atoms with Gasteiger partial charge in [-0.05, 0) is 50.6 Å². The van der Waals surface area contributed by atoms with Gasteiger partial charge in [-0.1, -0.05) is 18.2 Å². The highest BCUT2D eigenvalue weighted by atomic mass is 32.2. The minimum absolute atomic E-state index is 0.425. The average Bonchev–Trinajstić information content (AvgIpc) is 2.54. The fourth-order valence-electron chi connectivity index (χ4n) is 2.65. The Kier molecular flexibility index (Phi) is 6.26. The molecule has 1 N–H and O–H groups in total. The van der Waals surface area contributed by atoms with Gasteiger partial charge < -0.3 is 10.1 Å². The number of nitrogens with zero attached hydrogens (tertiary/aromatic N) is 1. The summed E-state index contributed by atoms with van der Waals surface area (Å²) in [4.78, 5) is 12.7. The molecule has 2 aromatic rings. The van der Waals surface area contributed by atoms with E-state index in [1.807, 2.05) is 19.9 Å². The van der Waals surface area contributed by atoms with Gasteiger partial charge in [0.1, 0.15) is 11.8 Å². The van der Waals surface area contributed by atoms with Crippen LogP contribution in [0.25, 0.3) is 0 Å². The summed E-state index contributed by atoms with van der Waals surface area (Å²) in [5.74, 6) is 0.210. The fourth-order valence-corrected chi connectivity index (χ4v) is 3.82. The molecule has 26 heavy (non-hydrogen) atoms. The van der Waals surface area contributed by atoms with Crippen LogP contribution in [0.15, 0.2) is 48.5 Å². The van der Waals surface area contributed by atoms with Crippen LogP contribution in [-0.4, -0.2) is 33.2 Å². The molecule has 0 bridgehead atoms. The number of rotatable bonds is 7. The smallest absolute Gasteiger partial charge is 0.247 e. The maximum atomic E-state index is 12.7. The molecule has 0 radical (unpaired) electrons. The van der Waals surface area contributed by atoms with Crippen molar-refractivity contribution in [2.75, 3.05) is 22.5 Å². The second-order valence-corrected chi connectivity index (χ2v) is 7.88. The second kappa shape index (κ2) is 8.23. The van der Waals surface area contributed by atoms with Crippen molar-refractivity contribution in [3.63, 3.8) is 0 Å². The lowest BCUT2D eigenvalue weighted by atomic mass is 10.2. The van der Waals surface area contributed by atoms with Gasteiger partial charge in [-0.2, -0.15) is 0 Å². The number of nitrogens with one attached hydrogen (secondary N) is 1. The van der Waals surface area contributed by atoms with E-state index in [0.717, 1.165) is 16.1 Å². The van der Waals surface area contributed by atoms with Crippen LogP contribution in [0, 0.1) is 6.92 Å². The third-order valence-electron chi connectivity index (χ3n) is 3.76. The molecule has 0 saturated carbocycles. The Morgan fingerprint density at radius 2 is 1.88 bits per heavy atom. The number of benzene rings is 2. The van der Waals surface area contributed by atoms with Crippen molar-refractivity contribution in [1.82, 2.24) is 0 Å². The molecule has 0 unspecified atom stereocenters. The SMILES string of the molecule is CCOc1cccc(NC(=O)[C@@H](C)N(c2cccc(C)c2)S(C)(=O)=O)c1. The van der Waals surface area contributed by atoms with E-state index < -0.39 is 22.0 Å². The molecule has 7 heteroatoms. The Bertz CT molecular complexity index is 881. The summed E-state index contributed by atoms with van der Waals surface area (Å²) in [5, 5.41) is 2.75. The monoisotopic (exact) mass is 376 g/mol. The van der Waals surface area contributed by atoms with Gasteiger partial charge in [-0.15, -0.1) is 0 Å². The van der Waals surface area contributed by atoms with Crippen LogP contribution < -0.4 is 14.4 Å². The molecule has 0 aromatic heterocycles. The quantitative estimate of drug-likeness (QED) is 0.805. The molecule has 2 aromatic carbocycles. The van der Waals surface area contributed by atoms with E-state index in [-0.39, 0.29) is 0 Å². The number of carbonyl (C=O) groups is 1. The highest BCUT2D eigenvalue weighted by Gasteiger charge is 2.29. The number of anilines is 2. The van der Waals surface area contributed by atoms with Gasteiger partial charge in [0.05, 0.1) is 18.6 Å². The largest absolute Gasteiger partial charge is 0.494 e. The molecule has 0 heterocycles. The van der Waals surface area contributed by atoms with Gasteiger partial charge in [0.25, 0.3) is 0 Å². The zero-order chi connectivity index (χ0) is 19.3. The van der Waals surface area contributed by atoms with E-state index in [0.29, 0.717) is 23.7 Å². The van der Waals surface area contributed by atoms with E-state index in [1.165, 1.54) is 0 Å². The lowest BCUT2D eigenvalue weighted by Gasteiger charge is -2.28. The summed E-state index contributed by atoms with van der Waals surface area (Å²) in [5.41, 5.74) is 1.91. The molecular formula is C19H24N2O4S. The van der Waals surface area contributed by atoms with Gasteiger partial charge in [-0.3, -0.25) is 9.10 Å². The van der Waals surface area contributed by atoms with Crippen LogP contribution in [0.2, 0.25) is 0 Å². The summed E-state index contributed by atoms with van der Waals surface area (Å²) in [6.07, 6.45) is 1.09. The normalized spacial score (nSPS) is 12.3. The van der Waals surface area contributed by atoms with Crippen LogP contribution in [0.4, 0.5) is 11.4 Å². The fraction of sp³-hybridized carbons (Fsp3) is 0.316. The van der Waals surface area contributed by atoms with Crippen LogP contribution in [-0.2, 0) is 14.8 Å². The first-order valence-corrected chi connectivity index (χ1v) is 10.2. The summed E-state index contributed by atoms with van der Waals surface area (Å²) in [6.45, 7) is 5.82. The van der Waals surface area contributed by atoms with Crippen molar-refractivity contribution in [1.29, 1.82) is 0 Å². The number of sulfonamides is 1. The Labute approximate surface area is 154 Å². The van der Waals surface area contributed by atoms with E-state index in [1.54, 1.807) is 49.4 Å². The van der Waals surface area contributed by atoms with E-state index >= 15 is 0 Å². The van der Waals surface area contributed by atoms with Crippen molar-refractivity contribution in [2.24, 2.45) is 0 Å². The maximum Gasteiger partial charge on any atom is 0.247 e. The first kappa shape index (κ1) is 19.8. The van der Waals surface area contributed by atoms with Crippen LogP contribution in [0.3, 0.4) is 0 Å². The van der Waals surface area contributed by atoms with E-state index in [2.05, 4.69) is 5.32 Å². The summed E-state index contributed by atoms with van der Waals surface area (Å²) in [7, 11) is -3.64. The van der Waals surface area contributed by atoms with Crippen LogP contribution in [0.5, 0.6) is 5.75 Å². The third-order valence-corrected chi connectivity index (χ3v) is 5.00. The Morgan fingerprint density at radius 3 is 2.50 bits per heavy atom. The van der Waals surface area contributed by atoms with Crippen LogP contribution in [0.1, 0.15) is 19.4 Å². The zero-order valence-electron chi connectivity index (χ0n) is 15.4. The zero-order valence-corrected chi connectivity index (χ0v) is 16.2. The first-order valence-electron chi connectivity index (χ1n) is 8.32. The van der Waals surface area contributed by atoms with E-state index in [4.69, 9.17) is 4.74 Å². The highest BCUT2D eigenvalue weighted by Crippen LogP contribution is 2.23. The molecule has 0 aliphatic carbocycles. The van der Waals surface area contributed by atoms with Gasteiger partial charge in [0.15, 0.2) is 0 Å². The van der Waals surface area contributed by atoms with Crippen molar-refractivity contribution in [3.8, 4) is 5.75 Å². The number of aryl methyl sites for hydroxylation is 1. The van der Waals surface area contributed by atoms with Crippen LogP contribution >= 0.6 is 0 Å². The van der Waals surface area contributed by atoms with Gasteiger partial charge in [-0.25, -0.2) is 8.42 Å². The summed E-state index contributed by atoms with van der Waals surface area (Å²) >= 11 is 0. The topological polar surface area (TPSA) is 75.7 Å². The molecule has 2 rings (SSSR count). The van der Waals surface area contributed by atoms with E-state index in [9.17, 15) is 13.2 Å². The molecule has 0 aliphatic rings. The number of hydrogen-bond donors (Lipinski definition) is 1. The minimum atomic E-state index is -3.64. The highest BCUT2D eigenvalue weighted by molar-refractivity contribution is 7.92. The Morgan fingerprint density at radius 1 is 1.19 bits per heavy atom. The number of carbonyl (C=O) groups excluding carboxylic acids is 1. The molecule has 0 fully saturated rings. The molecule has 140 valence electrons. The predicted octanol–water partition coefficient (Wildman–Crippen LogP) is 3.19. The van der Waals surface area contributed by atoms with Gasteiger partial charge in [0.2, 0.25) is 15.9 Å². The molecule has 0 aliphatic heterocycles. The Balaban J connectivity index is 2.27. The van der Waals surface area contributed by atoms with Crippen molar-refractivity contribution < 1.29 is 17.9 Å². The number of amides is 1. The lowest BCUT2D eigenvalue weighted by Crippen LogP contribution is -2.45. The lowest BCUT2D eigenvalue weighted by molar-refractivity contribution is -0.116. The maximum absolute atomic E-state index is 12.7. The van der Waals surface area contributed by atoms with Gasteiger partial charge in [0, 0.05) is 11.8 Å². The molecular weight excluding hydrogens is 352 g/mol. The molecule has 1 atom stereocenters. The Hall–Kier alpha value is -2.54. The second-order valence-electron chi connectivity index (χ2n) is 6.02. The minimum Gasteiger partial charge on any atom is -0.494 e. The average molecular weight is 376 g/mol. The standard InChI is InChI=1S/C19H24N2O4S/c1-5-25-18-11-7-9-16(13-18)20-19(22)15(3)21(26(4,23)24)17-10-6-8-14(2)12-17/h6-13,15H,5H2,1-4H3,(H,20,22)/t15-/m1/s1. The molecule has 0 saturated heterocycles. The third kappa shape index (κ3) is 4.98. The predicted molar refractivity (Wildman–Crippen MR) is 104 cm³/mol. The van der Waals surface area contributed by atoms with Crippen molar-refractivity contribution in [2.45, 2.75) is 26.8 Å². The molecule has 6 nitrogen and oxygen atoms in total. The van der Waals surface area contributed by atoms with Gasteiger partial charge >= 0.3 is 0 Å². The van der Waals surface area contributed by atoms with Crippen molar-refractivity contribution in [3.05, 3.63) is 54.1 Å². The summed E-state index contributed by atoms with van der Waals surface area (Å²) in [6, 6.07) is 13.1. The molecule has 1 amide bonds.